The van der Waals surface area contributed by atoms with E-state index >= 15 is 0 Å². The molecule has 0 aliphatic rings. The fraction of sp³-hybridized carbons (Fsp3) is 0.154. The van der Waals surface area contributed by atoms with Crippen LogP contribution in [0.15, 0.2) is 41.8 Å². The van der Waals surface area contributed by atoms with Gasteiger partial charge in [0.25, 0.3) is 0 Å². The topological polar surface area (TPSA) is 54.9 Å². The Labute approximate surface area is 114 Å². The van der Waals surface area contributed by atoms with E-state index in [4.69, 9.17) is 0 Å². The first-order chi connectivity index (χ1) is 9.15. The van der Waals surface area contributed by atoms with Crippen LogP contribution >= 0.6 is 11.8 Å². The van der Waals surface area contributed by atoms with Gasteiger partial charge in [-0.3, -0.25) is 4.79 Å². The average molecular weight is 277 g/mol. The Morgan fingerprint density at radius 3 is 2.84 bits per heavy atom. The maximum absolute atomic E-state index is 13.1. The third kappa shape index (κ3) is 4.03. The van der Waals surface area contributed by atoms with Crippen molar-refractivity contribution in [1.82, 2.24) is 9.97 Å². The van der Waals surface area contributed by atoms with Crippen LogP contribution in [-0.2, 0) is 4.79 Å². The van der Waals surface area contributed by atoms with Crippen LogP contribution in [0.4, 0.5) is 10.1 Å². The van der Waals surface area contributed by atoms with Crippen LogP contribution in [0.3, 0.4) is 0 Å². The summed E-state index contributed by atoms with van der Waals surface area (Å²) in [6.07, 6.45) is 3.23. The van der Waals surface area contributed by atoms with Crippen molar-refractivity contribution >= 4 is 23.4 Å². The van der Waals surface area contributed by atoms with E-state index in [-0.39, 0.29) is 17.5 Å². The Kier molecular flexibility index (Phi) is 4.46. The number of aryl methyl sites for hydroxylation is 1. The Balaban J connectivity index is 1.93. The molecule has 0 aliphatic heterocycles. The van der Waals surface area contributed by atoms with Gasteiger partial charge in [-0.05, 0) is 30.7 Å². The highest BCUT2D eigenvalue weighted by Crippen LogP contribution is 2.17. The first-order valence-electron chi connectivity index (χ1n) is 5.61. The molecule has 98 valence electrons. The third-order valence-electron chi connectivity index (χ3n) is 2.35. The van der Waals surface area contributed by atoms with Gasteiger partial charge < -0.3 is 5.32 Å². The zero-order valence-electron chi connectivity index (χ0n) is 10.3. The molecule has 0 saturated carbocycles. The highest BCUT2D eigenvalue weighted by Gasteiger charge is 2.07. The monoisotopic (exact) mass is 277 g/mol. The van der Waals surface area contributed by atoms with E-state index in [1.807, 2.05) is 6.92 Å². The molecule has 6 heteroatoms. The van der Waals surface area contributed by atoms with Crippen LogP contribution in [0.5, 0.6) is 0 Å². The second-order valence-corrected chi connectivity index (χ2v) is 4.77. The van der Waals surface area contributed by atoms with Gasteiger partial charge in [0.1, 0.15) is 5.82 Å². The zero-order chi connectivity index (χ0) is 13.7. The zero-order valence-corrected chi connectivity index (χ0v) is 11.1. The van der Waals surface area contributed by atoms with E-state index in [1.54, 1.807) is 24.5 Å². The molecule has 0 aliphatic carbocycles. The molecule has 0 bridgehead atoms. The molecule has 0 saturated heterocycles. The number of aromatic nitrogens is 2. The molecule has 0 atom stereocenters. The lowest BCUT2D eigenvalue weighted by Gasteiger charge is -2.07. The minimum absolute atomic E-state index is 0.181. The van der Waals surface area contributed by atoms with Gasteiger partial charge >= 0.3 is 0 Å². The van der Waals surface area contributed by atoms with Crippen molar-refractivity contribution < 1.29 is 9.18 Å². The van der Waals surface area contributed by atoms with Crippen LogP contribution < -0.4 is 5.32 Å². The number of benzene rings is 1. The standard InChI is InChI=1S/C13H12FN3OS/c1-9-3-4-10(14)7-11(9)17-12(18)8-19-13-15-5-2-6-16-13/h2-7H,8H2,1H3,(H,17,18). The summed E-state index contributed by atoms with van der Waals surface area (Å²) in [5.74, 6) is -0.411. The van der Waals surface area contributed by atoms with Gasteiger partial charge in [-0.2, -0.15) is 0 Å². The highest BCUT2D eigenvalue weighted by molar-refractivity contribution is 7.99. The number of thioether (sulfide) groups is 1. The summed E-state index contributed by atoms with van der Waals surface area (Å²) in [5, 5.41) is 3.20. The summed E-state index contributed by atoms with van der Waals surface area (Å²) in [7, 11) is 0. The summed E-state index contributed by atoms with van der Waals surface area (Å²) < 4.78 is 13.1. The predicted octanol–water partition coefficient (Wildman–Crippen LogP) is 2.65. The number of amides is 1. The number of nitrogens with zero attached hydrogens (tertiary/aromatic N) is 2. The summed E-state index contributed by atoms with van der Waals surface area (Å²) in [5.41, 5.74) is 1.30. The van der Waals surface area contributed by atoms with Crippen molar-refractivity contribution in [3.8, 4) is 0 Å². The van der Waals surface area contributed by atoms with E-state index in [0.29, 0.717) is 10.8 Å². The largest absolute Gasteiger partial charge is 0.325 e. The highest BCUT2D eigenvalue weighted by atomic mass is 32.2. The molecule has 0 spiro atoms. The lowest BCUT2D eigenvalue weighted by atomic mass is 10.2. The van der Waals surface area contributed by atoms with Crippen LogP contribution in [0.2, 0.25) is 0 Å². The molecule has 1 aromatic heterocycles. The maximum atomic E-state index is 13.1. The number of hydrogen-bond acceptors (Lipinski definition) is 4. The van der Waals surface area contributed by atoms with Crippen LogP contribution in [-0.4, -0.2) is 21.6 Å². The van der Waals surface area contributed by atoms with Crippen LogP contribution in [0, 0.1) is 12.7 Å². The summed E-state index contributed by atoms with van der Waals surface area (Å²) in [4.78, 5) is 19.7. The number of nitrogens with one attached hydrogen (secondary N) is 1. The average Bonchev–Trinajstić information content (AvgIpc) is 2.42. The van der Waals surface area contributed by atoms with Gasteiger partial charge in [-0.1, -0.05) is 17.8 Å². The molecule has 19 heavy (non-hydrogen) atoms. The lowest BCUT2D eigenvalue weighted by molar-refractivity contribution is -0.113. The fourth-order valence-electron chi connectivity index (χ4n) is 1.41. The van der Waals surface area contributed by atoms with Gasteiger partial charge in [0.05, 0.1) is 5.75 Å². The first-order valence-corrected chi connectivity index (χ1v) is 6.59. The van der Waals surface area contributed by atoms with Crippen molar-refractivity contribution in [2.75, 3.05) is 11.1 Å². The SMILES string of the molecule is Cc1ccc(F)cc1NC(=O)CSc1ncccn1. The number of carbonyl (C=O) groups excluding carboxylic acids is 1. The number of halogens is 1. The molecular formula is C13H12FN3OS. The fourth-order valence-corrected chi connectivity index (χ4v) is 2.01. The number of carbonyl (C=O) groups is 1. The van der Waals surface area contributed by atoms with Gasteiger partial charge in [-0.25, -0.2) is 14.4 Å². The van der Waals surface area contributed by atoms with E-state index in [2.05, 4.69) is 15.3 Å². The van der Waals surface area contributed by atoms with Crippen molar-refractivity contribution in [1.29, 1.82) is 0 Å². The van der Waals surface area contributed by atoms with Crippen molar-refractivity contribution in [2.24, 2.45) is 0 Å². The second-order valence-electron chi connectivity index (χ2n) is 3.83. The Bertz CT molecular complexity index is 577. The van der Waals surface area contributed by atoms with Crippen LogP contribution in [0.25, 0.3) is 0 Å². The van der Waals surface area contributed by atoms with E-state index in [0.717, 1.165) is 5.56 Å². The van der Waals surface area contributed by atoms with E-state index in [9.17, 15) is 9.18 Å². The molecule has 2 rings (SSSR count). The van der Waals surface area contributed by atoms with E-state index < -0.39 is 0 Å². The quantitative estimate of drug-likeness (QED) is 0.689. The Morgan fingerprint density at radius 1 is 1.37 bits per heavy atom. The second kappa shape index (κ2) is 6.29. The first kappa shape index (κ1) is 13.5. The Hall–Kier alpha value is -1.95. The molecule has 0 unspecified atom stereocenters. The number of rotatable bonds is 4. The minimum Gasteiger partial charge on any atom is -0.325 e. The van der Waals surface area contributed by atoms with Gasteiger partial charge in [-0.15, -0.1) is 0 Å². The van der Waals surface area contributed by atoms with Gasteiger partial charge in [0, 0.05) is 18.1 Å². The van der Waals surface area contributed by atoms with Gasteiger partial charge in [0.15, 0.2) is 5.16 Å². The van der Waals surface area contributed by atoms with Crippen molar-refractivity contribution in [3.63, 3.8) is 0 Å². The molecule has 1 amide bonds. The normalized spacial score (nSPS) is 10.2. The maximum Gasteiger partial charge on any atom is 0.234 e. The summed E-state index contributed by atoms with van der Waals surface area (Å²) in [6.45, 7) is 1.81. The molecule has 0 fully saturated rings. The summed E-state index contributed by atoms with van der Waals surface area (Å²) >= 11 is 1.23. The third-order valence-corrected chi connectivity index (χ3v) is 3.22. The molecular weight excluding hydrogens is 265 g/mol. The smallest absolute Gasteiger partial charge is 0.234 e. The predicted molar refractivity (Wildman–Crippen MR) is 72.5 cm³/mol. The molecule has 4 nitrogen and oxygen atoms in total. The van der Waals surface area contributed by atoms with Crippen molar-refractivity contribution in [2.45, 2.75) is 12.1 Å². The lowest BCUT2D eigenvalue weighted by Crippen LogP contribution is -2.15. The molecule has 1 aromatic carbocycles. The van der Waals surface area contributed by atoms with E-state index in [1.165, 1.54) is 23.9 Å². The molecule has 2 aromatic rings. The molecule has 1 N–H and O–H groups in total. The van der Waals surface area contributed by atoms with Gasteiger partial charge in [0.2, 0.25) is 5.91 Å². The van der Waals surface area contributed by atoms with Crippen molar-refractivity contribution in [3.05, 3.63) is 48.0 Å². The molecule has 0 radical (unpaired) electrons. The molecule has 1 heterocycles. The summed E-state index contributed by atoms with van der Waals surface area (Å²) in [6, 6.07) is 5.99. The minimum atomic E-state index is -0.375. The van der Waals surface area contributed by atoms with Crippen LogP contribution in [0.1, 0.15) is 5.56 Å². The Morgan fingerprint density at radius 2 is 2.11 bits per heavy atom. The number of anilines is 1. The number of hydrogen-bond donors (Lipinski definition) is 1.